The number of carbonyl (C=O) groups is 2. The van der Waals surface area contributed by atoms with E-state index >= 15 is 0 Å². The maximum atomic E-state index is 12.3. The molecule has 9 heteroatoms. The number of aryl methyl sites for hydroxylation is 1. The third kappa shape index (κ3) is 4.24. The Bertz CT molecular complexity index is 982. The van der Waals surface area contributed by atoms with Crippen molar-refractivity contribution < 1.29 is 22.4 Å². The van der Waals surface area contributed by atoms with Crippen LogP contribution in [0.1, 0.15) is 39.0 Å². The van der Waals surface area contributed by atoms with Gasteiger partial charge in [-0.05, 0) is 38.1 Å². The van der Waals surface area contributed by atoms with Crippen LogP contribution < -0.4 is 10.0 Å². The average Bonchev–Trinajstić information content (AvgIpc) is 2.81. The number of hydrogen-bond donors (Lipinski definition) is 2. The van der Waals surface area contributed by atoms with Crippen LogP contribution in [0, 0.1) is 18.3 Å². The molecule has 0 saturated heterocycles. The number of nitriles is 1. The Kier molecular flexibility index (Phi) is 4.94. The molecule has 0 aliphatic carbocycles. The molecular weight excluding hydrogens is 346 g/mol. The summed E-state index contributed by atoms with van der Waals surface area (Å²) in [6.45, 7) is 2.83. The lowest BCUT2D eigenvalue weighted by Gasteiger charge is -2.06. The number of hydrogen-bond acceptors (Lipinski definition) is 6. The van der Waals surface area contributed by atoms with Crippen LogP contribution in [-0.4, -0.2) is 26.4 Å². The number of carbonyl (C=O) groups excluding carboxylic acids is 2. The van der Waals surface area contributed by atoms with E-state index in [1.54, 1.807) is 0 Å². The molecular formula is C16H15N3O5S. The van der Waals surface area contributed by atoms with Crippen LogP contribution in [0.5, 0.6) is 0 Å². The summed E-state index contributed by atoms with van der Waals surface area (Å²) in [5.41, 5.74) is 0.630. The molecule has 0 unspecified atom stereocenters. The van der Waals surface area contributed by atoms with Gasteiger partial charge in [-0.1, -0.05) is 0 Å². The zero-order valence-electron chi connectivity index (χ0n) is 13.7. The van der Waals surface area contributed by atoms with Crippen molar-refractivity contribution in [1.29, 1.82) is 5.26 Å². The first-order valence-corrected chi connectivity index (χ1v) is 8.95. The summed E-state index contributed by atoms with van der Waals surface area (Å²) >= 11 is 0. The van der Waals surface area contributed by atoms with Crippen LogP contribution >= 0.6 is 0 Å². The van der Waals surface area contributed by atoms with Gasteiger partial charge >= 0.3 is 0 Å². The van der Waals surface area contributed by atoms with E-state index in [0.717, 1.165) is 6.26 Å². The highest BCUT2D eigenvalue weighted by Gasteiger charge is 2.22. The van der Waals surface area contributed by atoms with Crippen molar-refractivity contribution in [2.75, 3.05) is 16.3 Å². The predicted octanol–water partition coefficient (Wildman–Crippen LogP) is 2.29. The summed E-state index contributed by atoms with van der Waals surface area (Å²) in [4.78, 5) is 23.9. The predicted molar refractivity (Wildman–Crippen MR) is 91.0 cm³/mol. The summed E-state index contributed by atoms with van der Waals surface area (Å²) < 4.78 is 29.9. The maximum Gasteiger partial charge on any atom is 0.258 e. The number of rotatable bonds is 5. The number of benzene rings is 1. The zero-order chi connectivity index (χ0) is 18.8. The molecule has 0 aliphatic heterocycles. The number of Topliss-reactive ketones (excluding diaryl/α,β-unsaturated/α-hetero) is 1. The largest absolute Gasteiger partial charge is 0.443 e. The van der Waals surface area contributed by atoms with Crippen LogP contribution in [0.25, 0.3) is 0 Å². The van der Waals surface area contributed by atoms with Gasteiger partial charge in [-0.3, -0.25) is 19.6 Å². The molecule has 0 spiro atoms. The summed E-state index contributed by atoms with van der Waals surface area (Å²) in [6.07, 6.45) is 1.02. The van der Waals surface area contributed by atoms with Gasteiger partial charge in [-0.2, -0.15) is 5.26 Å². The highest BCUT2D eigenvalue weighted by molar-refractivity contribution is 7.92. The summed E-state index contributed by atoms with van der Waals surface area (Å²) in [5.74, 6) is -0.763. The maximum absolute atomic E-state index is 12.3. The SMILES string of the molecule is CC(=O)c1c(C)oc(NC(=O)c2ccc(NS(C)(=O)=O)cc2)c1C#N. The van der Waals surface area contributed by atoms with Gasteiger partial charge in [0.15, 0.2) is 5.78 Å². The van der Waals surface area contributed by atoms with E-state index in [-0.39, 0.29) is 34.1 Å². The number of anilines is 2. The lowest BCUT2D eigenvalue weighted by atomic mass is 10.1. The molecule has 25 heavy (non-hydrogen) atoms. The molecule has 1 aromatic heterocycles. The molecule has 0 saturated carbocycles. The van der Waals surface area contributed by atoms with Crippen molar-refractivity contribution in [3.05, 3.63) is 46.7 Å². The van der Waals surface area contributed by atoms with Gasteiger partial charge in [0.2, 0.25) is 15.9 Å². The summed E-state index contributed by atoms with van der Waals surface area (Å²) in [5, 5.41) is 11.7. The lowest BCUT2D eigenvalue weighted by molar-refractivity contribution is 0.101. The fraction of sp³-hybridized carbons (Fsp3) is 0.188. The first-order valence-electron chi connectivity index (χ1n) is 7.06. The van der Waals surface area contributed by atoms with Crippen LogP contribution in [0.2, 0.25) is 0 Å². The quantitative estimate of drug-likeness (QED) is 0.786. The summed E-state index contributed by atoms with van der Waals surface area (Å²) in [6, 6.07) is 7.53. The van der Waals surface area contributed by atoms with Gasteiger partial charge in [0.25, 0.3) is 5.91 Å². The molecule has 0 atom stereocenters. The molecule has 2 N–H and O–H groups in total. The average molecular weight is 361 g/mol. The second-order valence-electron chi connectivity index (χ2n) is 5.31. The Labute approximate surface area is 144 Å². The number of nitrogens with zero attached hydrogens (tertiary/aromatic N) is 1. The molecule has 2 rings (SSSR count). The number of nitrogens with one attached hydrogen (secondary N) is 2. The zero-order valence-corrected chi connectivity index (χ0v) is 14.5. The van der Waals surface area contributed by atoms with Gasteiger partial charge in [-0.15, -0.1) is 0 Å². The fourth-order valence-electron chi connectivity index (χ4n) is 2.24. The van der Waals surface area contributed by atoms with Crippen LogP contribution in [0.15, 0.2) is 28.7 Å². The van der Waals surface area contributed by atoms with Crippen LogP contribution in [0.3, 0.4) is 0 Å². The lowest BCUT2D eigenvalue weighted by Crippen LogP contribution is -2.13. The Morgan fingerprint density at radius 2 is 1.80 bits per heavy atom. The first kappa shape index (κ1) is 18.2. The van der Waals surface area contributed by atoms with E-state index in [1.165, 1.54) is 38.1 Å². The minimum atomic E-state index is -3.41. The minimum absolute atomic E-state index is 0.0336. The van der Waals surface area contributed by atoms with E-state index in [9.17, 15) is 23.3 Å². The molecule has 0 aliphatic rings. The number of ketones is 1. The molecule has 0 radical (unpaired) electrons. The van der Waals surface area contributed by atoms with E-state index in [4.69, 9.17) is 4.42 Å². The van der Waals surface area contributed by atoms with Gasteiger partial charge in [0, 0.05) is 11.3 Å². The second kappa shape index (κ2) is 6.78. The number of sulfonamides is 1. The molecule has 1 amide bonds. The van der Waals surface area contributed by atoms with E-state index < -0.39 is 15.9 Å². The minimum Gasteiger partial charge on any atom is -0.443 e. The molecule has 8 nitrogen and oxygen atoms in total. The molecule has 0 bridgehead atoms. The molecule has 1 heterocycles. The Balaban J connectivity index is 2.25. The van der Waals surface area contributed by atoms with E-state index in [0.29, 0.717) is 5.69 Å². The highest BCUT2D eigenvalue weighted by Crippen LogP contribution is 2.27. The molecule has 130 valence electrons. The topological polar surface area (TPSA) is 129 Å². The molecule has 0 fully saturated rings. The fourth-order valence-corrected chi connectivity index (χ4v) is 2.81. The summed E-state index contributed by atoms with van der Waals surface area (Å²) in [7, 11) is -3.41. The van der Waals surface area contributed by atoms with Crippen LogP contribution in [0.4, 0.5) is 11.6 Å². The third-order valence-corrected chi connectivity index (χ3v) is 3.83. The van der Waals surface area contributed by atoms with Gasteiger partial charge in [-0.25, -0.2) is 8.42 Å². The smallest absolute Gasteiger partial charge is 0.258 e. The van der Waals surface area contributed by atoms with E-state index in [2.05, 4.69) is 10.0 Å². The molecule has 2 aromatic rings. The van der Waals surface area contributed by atoms with Crippen molar-refractivity contribution in [2.45, 2.75) is 13.8 Å². The van der Waals surface area contributed by atoms with Crippen molar-refractivity contribution in [1.82, 2.24) is 0 Å². The highest BCUT2D eigenvalue weighted by atomic mass is 32.2. The van der Waals surface area contributed by atoms with Crippen molar-refractivity contribution in [3.8, 4) is 6.07 Å². The van der Waals surface area contributed by atoms with Gasteiger partial charge < -0.3 is 4.42 Å². The van der Waals surface area contributed by atoms with Crippen molar-refractivity contribution in [3.63, 3.8) is 0 Å². The standard InChI is InChI=1S/C16H15N3O5S/c1-9(20)14-10(2)24-16(13(14)8-17)18-15(21)11-4-6-12(7-5-11)19-25(3,22)23/h4-7,19H,1-3H3,(H,18,21). The second-order valence-corrected chi connectivity index (χ2v) is 7.06. The van der Waals surface area contributed by atoms with Crippen LogP contribution in [-0.2, 0) is 10.0 Å². The normalized spacial score (nSPS) is 10.8. The Hall–Kier alpha value is -3.12. The number of amides is 1. The Morgan fingerprint density at radius 1 is 1.20 bits per heavy atom. The third-order valence-electron chi connectivity index (χ3n) is 3.23. The Morgan fingerprint density at radius 3 is 2.28 bits per heavy atom. The monoisotopic (exact) mass is 361 g/mol. The number of furan rings is 1. The van der Waals surface area contributed by atoms with Gasteiger partial charge in [0.05, 0.1) is 11.8 Å². The van der Waals surface area contributed by atoms with Gasteiger partial charge in [0.1, 0.15) is 17.4 Å². The van der Waals surface area contributed by atoms with Crippen molar-refractivity contribution in [2.24, 2.45) is 0 Å². The molecule has 1 aromatic carbocycles. The first-order chi connectivity index (χ1) is 11.6. The van der Waals surface area contributed by atoms with E-state index in [1.807, 2.05) is 6.07 Å². The van der Waals surface area contributed by atoms with Crippen molar-refractivity contribution >= 4 is 33.3 Å².